The van der Waals surface area contributed by atoms with Gasteiger partial charge in [-0.05, 0) is 75.8 Å². The summed E-state index contributed by atoms with van der Waals surface area (Å²) in [6.07, 6.45) is 7.41. The van der Waals surface area contributed by atoms with Gasteiger partial charge in [0.25, 0.3) is 5.91 Å². The third kappa shape index (κ3) is 4.76. The second-order valence-corrected chi connectivity index (χ2v) is 9.72. The van der Waals surface area contributed by atoms with E-state index >= 15 is 0 Å². The molecule has 1 fully saturated rings. The lowest BCUT2D eigenvalue weighted by Crippen LogP contribution is -2.35. The van der Waals surface area contributed by atoms with Gasteiger partial charge in [-0.1, -0.05) is 12.1 Å². The van der Waals surface area contributed by atoms with Gasteiger partial charge in [-0.15, -0.1) is 0 Å². The predicted octanol–water partition coefficient (Wildman–Crippen LogP) is 4.09. The number of benzene rings is 1. The Hall–Kier alpha value is -3.94. The number of rotatable bonds is 6. The van der Waals surface area contributed by atoms with Crippen LogP contribution in [0.1, 0.15) is 47.4 Å². The maximum atomic E-state index is 12.8. The molecule has 1 aromatic carbocycles. The van der Waals surface area contributed by atoms with Crippen LogP contribution in [0.5, 0.6) is 0 Å². The van der Waals surface area contributed by atoms with Crippen molar-refractivity contribution >= 4 is 17.5 Å². The summed E-state index contributed by atoms with van der Waals surface area (Å²) < 4.78 is 3.94. The van der Waals surface area contributed by atoms with Crippen LogP contribution in [0.25, 0.3) is 22.6 Å². The number of amides is 2. The minimum atomic E-state index is -0.0954. The summed E-state index contributed by atoms with van der Waals surface area (Å²) in [6.45, 7) is 4.66. The minimum absolute atomic E-state index is 0.0954. The van der Waals surface area contributed by atoms with Crippen molar-refractivity contribution in [2.45, 2.75) is 39.5 Å². The fourth-order valence-corrected chi connectivity index (χ4v) is 5.19. The molecule has 0 atom stereocenters. The molecule has 4 aromatic rings. The van der Waals surface area contributed by atoms with Crippen LogP contribution in [-0.4, -0.2) is 44.6 Å². The van der Waals surface area contributed by atoms with Gasteiger partial charge in [-0.3, -0.25) is 14.0 Å². The predicted molar refractivity (Wildman–Crippen MR) is 139 cm³/mol. The number of hydrogen-bond acceptors (Lipinski definition) is 4. The van der Waals surface area contributed by atoms with Crippen LogP contribution >= 0.6 is 0 Å². The van der Waals surface area contributed by atoms with Crippen LogP contribution in [0.2, 0.25) is 0 Å². The third-order valence-corrected chi connectivity index (χ3v) is 7.19. The fourth-order valence-electron chi connectivity index (χ4n) is 5.19. The maximum absolute atomic E-state index is 12.8. The van der Waals surface area contributed by atoms with Crippen molar-refractivity contribution in [3.8, 4) is 16.9 Å². The van der Waals surface area contributed by atoms with Gasteiger partial charge in [0.15, 0.2) is 0 Å². The average Bonchev–Trinajstić information content (AvgIpc) is 3.48. The number of imidazole rings is 1. The molecule has 5 rings (SSSR count). The van der Waals surface area contributed by atoms with Gasteiger partial charge >= 0.3 is 0 Å². The van der Waals surface area contributed by atoms with E-state index in [2.05, 4.69) is 38.9 Å². The Morgan fingerprint density at radius 3 is 2.58 bits per heavy atom. The van der Waals surface area contributed by atoms with Crippen molar-refractivity contribution in [1.82, 2.24) is 29.8 Å². The molecule has 0 bridgehead atoms. The Labute approximate surface area is 210 Å². The zero-order valence-electron chi connectivity index (χ0n) is 21.0. The van der Waals surface area contributed by atoms with Crippen molar-refractivity contribution in [3.63, 3.8) is 0 Å². The number of nitrogens with one attached hydrogen (secondary N) is 2. The number of pyridine rings is 1. The Balaban J connectivity index is 1.27. The lowest BCUT2D eigenvalue weighted by molar-refractivity contribution is -0.125. The second kappa shape index (κ2) is 9.97. The van der Waals surface area contributed by atoms with Crippen LogP contribution < -0.4 is 10.6 Å². The highest BCUT2D eigenvalue weighted by atomic mass is 16.2. The maximum Gasteiger partial charge on any atom is 0.251 e. The molecule has 186 valence electrons. The highest BCUT2D eigenvalue weighted by molar-refractivity contribution is 5.95. The first kappa shape index (κ1) is 23.8. The van der Waals surface area contributed by atoms with Crippen LogP contribution in [0, 0.1) is 25.7 Å². The van der Waals surface area contributed by atoms with Crippen molar-refractivity contribution in [3.05, 3.63) is 71.8 Å². The number of nitrogens with zero attached hydrogens (tertiary/aromatic N) is 4. The summed E-state index contributed by atoms with van der Waals surface area (Å²) in [7, 11) is 1.69. The van der Waals surface area contributed by atoms with Crippen LogP contribution in [0.15, 0.2) is 54.9 Å². The first-order valence-corrected chi connectivity index (χ1v) is 12.5. The van der Waals surface area contributed by atoms with E-state index < -0.39 is 0 Å². The molecule has 0 aliphatic heterocycles. The van der Waals surface area contributed by atoms with E-state index in [-0.39, 0.29) is 17.7 Å². The SMILES string of the molecule is CNC(=O)C1CCC(CNC(=O)c2ccn3c(-c4cccc(-n5nc(C)cc5C)c4)cnc3c2)CC1. The molecule has 8 heteroatoms. The Morgan fingerprint density at radius 1 is 1.06 bits per heavy atom. The first-order chi connectivity index (χ1) is 17.4. The summed E-state index contributed by atoms with van der Waals surface area (Å²) in [5, 5.41) is 10.4. The first-order valence-electron chi connectivity index (χ1n) is 12.5. The zero-order valence-corrected chi connectivity index (χ0v) is 21.0. The van der Waals surface area contributed by atoms with E-state index in [1.165, 1.54) is 0 Å². The van der Waals surface area contributed by atoms with E-state index in [9.17, 15) is 9.59 Å². The molecule has 3 heterocycles. The van der Waals surface area contributed by atoms with Crippen molar-refractivity contribution in [2.75, 3.05) is 13.6 Å². The third-order valence-electron chi connectivity index (χ3n) is 7.19. The van der Waals surface area contributed by atoms with Crippen LogP contribution in [0.3, 0.4) is 0 Å². The summed E-state index contributed by atoms with van der Waals surface area (Å²) in [6, 6.07) is 13.9. The van der Waals surface area contributed by atoms with E-state index in [0.29, 0.717) is 18.0 Å². The number of aromatic nitrogens is 4. The number of carbonyl (C=O) groups excluding carboxylic acids is 2. The van der Waals surface area contributed by atoms with Crippen molar-refractivity contribution in [1.29, 1.82) is 0 Å². The average molecular weight is 485 g/mol. The lowest BCUT2D eigenvalue weighted by Gasteiger charge is -2.27. The monoisotopic (exact) mass is 484 g/mol. The van der Waals surface area contributed by atoms with E-state index in [4.69, 9.17) is 0 Å². The van der Waals surface area contributed by atoms with Crippen molar-refractivity contribution < 1.29 is 9.59 Å². The number of fused-ring (bicyclic) bond motifs is 1. The molecule has 0 saturated heterocycles. The molecular formula is C28H32N6O2. The molecule has 0 spiro atoms. The quantitative estimate of drug-likeness (QED) is 0.431. The smallest absolute Gasteiger partial charge is 0.251 e. The number of carbonyl (C=O) groups is 2. The summed E-state index contributed by atoms with van der Waals surface area (Å²) in [4.78, 5) is 29.2. The Bertz CT molecular complexity index is 1410. The van der Waals surface area contributed by atoms with Crippen LogP contribution in [0.4, 0.5) is 0 Å². The fraction of sp³-hybridized carbons (Fsp3) is 0.357. The molecule has 36 heavy (non-hydrogen) atoms. The zero-order chi connectivity index (χ0) is 25.2. The van der Waals surface area contributed by atoms with Gasteiger partial charge in [-0.25, -0.2) is 9.67 Å². The highest BCUT2D eigenvalue weighted by Gasteiger charge is 2.26. The van der Waals surface area contributed by atoms with Gasteiger partial charge in [0, 0.05) is 42.5 Å². The van der Waals surface area contributed by atoms with Gasteiger partial charge in [-0.2, -0.15) is 5.10 Å². The second-order valence-electron chi connectivity index (χ2n) is 9.72. The highest BCUT2D eigenvalue weighted by Crippen LogP contribution is 2.29. The molecule has 3 aromatic heterocycles. The van der Waals surface area contributed by atoms with Gasteiger partial charge in [0.05, 0.1) is 23.3 Å². The summed E-state index contributed by atoms with van der Waals surface area (Å²) in [5.41, 5.74) is 6.35. The molecule has 1 aliphatic carbocycles. The molecular weight excluding hydrogens is 452 g/mol. The molecule has 2 amide bonds. The van der Waals surface area contributed by atoms with Crippen LogP contribution in [-0.2, 0) is 4.79 Å². The largest absolute Gasteiger partial charge is 0.359 e. The number of hydrogen-bond donors (Lipinski definition) is 2. The molecule has 2 N–H and O–H groups in total. The minimum Gasteiger partial charge on any atom is -0.359 e. The van der Waals surface area contributed by atoms with Crippen molar-refractivity contribution in [2.24, 2.45) is 11.8 Å². The Kier molecular flexibility index (Phi) is 6.59. The molecule has 1 saturated carbocycles. The van der Waals surface area contributed by atoms with E-state index in [1.54, 1.807) is 7.05 Å². The standard InChI is InChI=1S/C28H32N6O2/c1-18-13-19(2)34(32-18)24-6-4-5-22(14-24)25-17-30-26-15-23(11-12-33(25)26)28(36)31-16-20-7-9-21(10-8-20)27(35)29-3/h4-6,11-15,17,20-21H,7-10,16H2,1-3H3,(H,29,35)(H,31,36). The molecule has 1 aliphatic rings. The summed E-state index contributed by atoms with van der Waals surface area (Å²) in [5.74, 6) is 0.545. The van der Waals surface area contributed by atoms with Gasteiger partial charge < -0.3 is 10.6 Å². The lowest BCUT2D eigenvalue weighted by atomic mass is 9.81. The molecule has 8 nitrogen and oxygen atoms in total. The van der Waals surface area contributed by atoms with E-state index in [0.717, 1.165) is 59.7 Å². The summed E-state index contributed by atoms with van der Waals surface area (Å²) >= 11 is 0. The normalized spacial score (nSPS) is 17.8. The van der Waals surface area contributed by atoms with Gasteiger partial charge in [0.1, 0.15) is 5.65 Å². The Morgan fingerprint density at radius 2 is 1.86 bits per heavy atom. The topological polar surface area (TPSA) is 93.3 Å². The molecule has 0 unspecified atom stereocenters. The van der Waals surface area contributed by atoms with Gasteiger partial charge in [0.2, 0.25) is 5.91 Å². The molecule has 0 radical (unpaired) electrons. The van der Waals surface area contributed by atoms with E-state index in [1.807, 2.05) is 59.6 Å². The number of aryl methyl sites for hydroxylation is 2.